The number of carbonyl (C=O) groups is 1. The van der Waals surface area contributed by atoms with Gasteiger partial charge in [-0.05, 0) is 5.38 Å². The van der Waals surface area contributed by atoms with E-state index in [2.05, 4.69) is 0 Å². The van der Waals surface area contributed by atoms with Gasteiger partial charge in [0.25, 0.3) is 0 Å². The topological polar surface area (TPSA) is 17.1 Å². The lowest BCUT2D eigenvalue weighted by molar-refractivity contribution is 0.112. The summed E-state index contributed by atoms with van der Waals surface area (Å²) in [7, 11) is 5.33. The van der Waals surface area contributed by atoms with Gasteiger partial charge in [-0.25, -0.2) is 0 Å². The zero-order chi connectivity index (χ0) is 5.98. The molecule has 0 fully saturated rings. The molecule has 2 radical (unpaired) electrons. The van der Waals surface area contributed by atoms with Crippen LogP contribution in [0.5, 0.6) is 0 Å². The molecule has 38 valence electrons. The number of hydrogen-bond acceptors (Lipinski definition) is 2. The zero-order valence-corrected chi connectivity index (χ0v) is 4.94. The fourth-order valence-corrected chi connectivity index (χ4v) is 1.10. The van der Waals surface area contributed by atoms with Gasteiger partial charge in [0.2, 0.25) is 0 Å². The van der Waals surface area contributed by atoms with E-state index in [0.717, 1.165) is 6.29 Å². The first kappa shape index (κ1) is 5.57. The van der Waals surface area contributed by atoms with Crippen molar-refractivity contribution in [2.24, 2.45) is 0 Å². The molecule has 0 saturated carbocycles. The Labute approximate surface area is 52.8 Å². The maximum absolute atomic E-state index is 10.0. The van der Waals surface area contributed by atoms with E-state index in [1.807, 2.05) is 0 Å². The summed E-state index contributed by atoms with van der Waals surface area (Å²) >= 11 is 1.43. The Kier molecular flexibility index (Phi) is 1.49. The lowest BCUT2D eigenvalue weighted by atomic mass is 9.96. The van der Waals surface area contributed by atoms with Crippen molar-refractivity contribution in [3.63, 3.8) is 0 Å². The summed E-state index contributed by atoms with van der Waals surface area (Å²) in [5.74, 6) is 0. The van der Waals surface area contributed by atoms with E-state index in [0.29, 0.717) is 11.0 Å². The minimum absolute atomic E-state index is 0.574. The van der Waals surface area contributed by atoms with Crippen LogP contribution in [-0.4, -0.2) is 14.1 Å². The molecular weight excluding hydrogens is 119 g/mol. The minimum atomic E-state index is 0.574. The van der Waals surface area contributed by atoms with Crippen molar-refractivity contribution in [1.29, 1.82) is 0 Å². The average Bonchev–Trinajstić information content (AvgIpc) is 2.14. The third-order valence-corrected chi connectivity index (χ3v) is 1.63. The summed E-state index contributed by atoms with van der Waals surface area (Å²) in [5.41, 5.74) is 1.17. The van der Waals surface area contributed by atoms with Crippen LogP contribution in [0.3, 0.4) is 0 Å². The van der Waals surface area contributed by atoms with Gasteiger partial charge in [-0.3, -0.25) is 4.79 Å². The first-order valence-corrected chi connectivity index (χ1v) is 3.05. The van der Waals surface area contributed by atoms with Crippen LogP contribution in [0.25, 0.3) is 0 Å². The highest BCUT2D eigenvalue weighted by atomic mass is 32.1. The van der Waals surface area contributed by atoms with Crippen LogP contribution in [0.15, 0.2) is 10.8 Å². The quantitative estimate of drug-likeness (QED) is 0.388. The Bertz CT molecular complexity index is 194. The number of hydrogen-bond donors (Lipinski definition) is 0. The van der Waals surface area contributed by atoms with E-state index in [4.69, 9.17) is 7.85 Å². The highest BCUT2D eigenvalue weighted by molar-refractivity contribution is 7.09. The van der Waals surface area contributed by atoms with Crippen LogP contribution in [0.4, 0.5) is 0 Å². The Hall–Kier alpha value is -0.565. The lowest BCUT2D eigenvalue weighted by Crippen LogP contribution is -2.02. The van der Waals surface area contributed by atoms with Crippen molar-refractivity contribution in [1.82, 2.24) is 0 Å². The molecule has 1 rings (SSSR count). The second-order valence-corrected chi connectivity index (χ2v) is 2.14. The van der Waals surface area contributed by atoms with Gasteiger partial charge < -0.3 is 0 Å². The highest BCUT2D eigenvalue weighted by Crippen LogP contribution is 1.97. The zero-order valence-electron chi connectivity index (χ0n) is 4.13. The van der Waals surface area contributed by atoms with E-state index in [9.17, 15) is 4.79 Å². The molecule has 0 amide bonds. The molecule has 0 unspecified atom stereocenters. The molecular formula is C5H3BOS. The van der Waals surface area contributed by atoms with Crippen LogP contribution in [-0.2, 0) is 0 Å². The van der Waals surface area contributed by atoms with Crippen molar-refractivity contribution in [2.75, 3.05) is 0 Å². The largest absolute Gasteiger partial charge is 0.298 e. The fraction of sp³-hybridized carbons (Fsp3) is 0. The van der Waals surface area contributed by atoms with Gasteiger partial charge in [0.15, 0.2) is 0 Å². The predicted molar refractivity (Wildman–Crippen MR) is 35.1 cm³/mol. The summed E-state index contributed by atoms with van der Waals surface area (Å²) < 4.78 is 0. The normalized spacial score (nSPS) is 9.00. The average molecular weight is 122 g/mol. The molecule has 1 aromatic rings. The fourth-order valence-electron chi connectivity index (χ4n) is 0.413. The van der Waals surface area contributed by atoms with Crippen LogP contribution in [0.1, 0.15) is 10.4 Å². The number of aldehydes is 1. The number of thiophene rings is 1. The minimum Gasteiger partial charge on any atom is -0.298 e. The molecule has 0 atom stereocenters. The van der Waals surface area contributed by atoms with E-state index < -0.39 is 0 Å². The van der Waals surface area contributed by atoms with Crippen LogP contribution in [0.2, 0.25) is 0 Å². The van der Waals surface area contributed by atoms with Gasteiger partial charge in [-0.15, -0.1) is 0 Å². The summed E-state index contributed by atoms with van der Waals surface area (Å²) in [6.07, 6.45) is 0.756. The Morgan fingerprint density at radius 2 is 2.38 bits per heavy atom. The Morgan fingerprint density at radius 3 is 2.62 bits per heavy atom. The van der Waals surface area contributed by atoms with E-state index in [1.54, 1.807) is 10.8 Å². The first-order chi connectivity index (χ1) is 3.84. The van der Waals surface area contributed by atoms with Crippen molar-refractivity contribution in [3.05, 3.63) is 16.3 Å². The van der Waals surface area contributed by atoms with Gasteiger partial charge >= 0.3 is 0 Å². The summed E-state index contributed by atoms with van der Waals surface area (Å²) in [4.78, 5) is 10.0. The molecule has 0 aliphatic carbocycles. The Morgan fingerprint density at radius 1 is 1.62 bits per heavy atom. The smallest absolute Gasteiger partial charge is 0.150 e. The van der Waals surface area contributed by atoms with Crippen molar-refractivity contribution in [2.45, 2.75) is 0 Å². The van der Waals surface area contributed by atoms with Gasteiger partial charge in [-0.2, -0.15) is 11.3 Å². The van der Waals surface area contributed by atoms with Crippen LogP contribution >= 0.6 is 11.3 Å². The van der Waals surface area contributed by atoms with Gasteiger partial charge in [0.1, 0.15) is 14.1 Å². The molecule has 0 aliphatic rings. The monoisotopic (exact) mass is 122 g/mol. The van der Waals surface area contributed by atoms with Crippen molar-refractivity contribution in [3.8, 4) is 0 Å². The van der Waals surface area contributed by atoms with Crippen molar-refractivity contribution < 1.29 is 4.79 Å². The molecule has 0 aliphatic heterocycles. The summed E-state index contributed by atoms with van der Waals surface area (Å²) in [6, 6.07) is 0. The predicted octanol–water partition coefficient (Wildman–Crippen LogP) is 0.354. The van der Waals surface area contributed by atoms with Crippen molar-refractivity contribution >= 4 is 30.9 Å². The number of rotatable bonds is 1. The first-order valence-electron chi connectivity index (χ1n) is 2.11. The highest BCUT2D eigenvalue weighted by Gasteiger charge is 1.92. The van der Waals surface area contributed by atoms with Gasteiger partial charge in [-0.1, -0.05) is 5.46 Å². The third kappa shape index (κ3) is 0.818. The molecule has 3 heteroatoms. The standard InChI is InChI=1S/C5H3BOS/c6-5-3-8-2-4(5)1-7/h1-3H. The molecule has 1 heterocycles. The lowest BCUT2D eigenvalue weighted by Gasteiger charge is -1.79. The third-order valence-electron chi connectivity index (χ3n) is 0.850. The van der Waals surface area contributed by atoms with Gasteiger partial charge in [0, 0.05) is 10.9 Å². The van der Waals surface area contributed by atoms with E-state index >= 15 is 0 Å². The molecule has 0 bridgehead atoms. The molecule has 0 N–H and O–H groups in total. The molecule has 0 spiro atoms. The molecule has 0 saturated heterocycles. The van der Waals surface area contributed by atoms with Crippen LogP contribution < -0.4 is 5.46 Å². The second kappa shape index (κ2) is 2.14. The molecule has 0 aromatic carbocycles. The molecule has 1 nitrogen and oxygen atoms in total. The van der Waals surface area contributed by atoms with E-state index in [-0.39, 0.29) is 0 Å². The summed E-state index contributed by atoms with van der Waals surface area (Å²) in [5, 5.41) is 3.46. The second-order valence-electron chi connectivity index (χ2n) is 1.40. The maximum Gasteiger partial charge on any atom is 0.150 e. The SMILES string of the molecule is [B]c1cscc1C=O. The Balaban J connectivity index is 3.09. The van der Waals surface area contributed by atoms with Crippen LogP contribution in [0, 0.1) is 0 Å². The van der Waals surface area contributed by atoms with Gasteiger partial charge in [0.05, 0.1) is 0 Å². The molecule has 1 aromatic heterocycles. The maximum atomic E-state index is 10.0. The number of carbonyl (C=O) groups excluding carboxylic acids is 1. The molecule has 8 heavy (non-hydrogen) atoms. The van der Waals surface area contributed by atoms with E-state index in [1.165, 1.54) is 11.3 Å². The summed E-state index contributed by atoms with van der Waals surface area (Å²) in [6.45, 7) is 0.